The monoisotopic (exact) mass is 353 g/mol. The second kappa shape index (κ2) is 9.30. The van der Waals surface area contributed by atoms with Crippen LogP contribution < -0.4 is 11.1 Å². The van der Waals surface area contributed by atoms with Gasteiger partial charge in [0.05, 0.1) is 19.1 Å². The molecule has 24 heavy (non-hydrogen) atoms. The van der Waals surface area contributed by atoms with E-state index in [9.17, 15) is 9.59 Å². The SMILES string of the molecule is CCCN(C(=O)CNC(=O)CN)C(C)c1cc2ccccc2o1.Cl. The summed E-state index contributed by atoms with van der Waals surface area (Å²) in [6.07, 6.45) is 0.821. The molecule has 0 spiro atoms. The Morgan fingerprint density at radius 2 is 2.04 bits per heavy atom. The van der Waals surface area contributed by atoms with Gasteiger partial charge in [0.1, 0.15) is 11.3 Å². The molecule has 1 aromatic heterocycles. The van der Waals surface area contributed by atoms with Crippen molar-refractivity contribution in [1.29, 1.82) is 0 Å². The summed E-state index contributed by atoms with van der Waals surface area (Å²) in [6.45, 7) is 4.34. The van der Waals surface area contributed by atoms with E-state index in [1.54, 1.807) is 4.90 Å². The number of hydrogen-bond donors (Lipinski definition) is 2. The van der Waals surface area contributed by atoms with Crippen LogP contribution in [0, 0.1) is 0 Å². The van der Waals surface area contributed by atoms with Gasteiger partial charge in [-0.1, -0.05) is 25.1 Å². The van der Waals surface area contributed by atoms with Crippen molar-refractivity contribution in [2.24, 2.45) is 5.73 Å². The Morgan fingerprint density at radius 1 is 1.33 bits per heavy atom. The molecule has 0 aliphatic rings. The highest BCUT2D eigenvalue weighted by atomic mass is 35.5. The van der Waals surface area contributed by atoms with Crippen LogP contribution in [0.15, 0.2) is 34.7 Å². The predicted octanol–water partition coefficient (Wildman–Crippen LogP) is 2.23. The molecule has 2 rings (SSSR count). The molecule has 6 nitrogen and oxygen atoms in total. The molecule has 0 aliphatic carbocycles. The number of fused-ring (bicyclic) bond motifs is 1. The van der Waals surface area contributed by atoms with E-state index in [1.807, 2.05) is 44.2 Å². The lowest BCUT2D eigenvalue weighted by molar-refractivity contribution is -0.134. The third kappa shape index (κ3) is 4.72. The lowest BCUT2D eigenvalue weighted by atomic mass is 10.2. The minimum absolute atomic E-state index is 0. The first-order valence-corrected chi connectivity index (χ1v) is 7.81. The summed E-state index contributed by atoms with van der Waals surface area (Å²) < 4.78 is 5.85. The first kappa shape index (κ1) is 20.0. The molecular weight excluding hydrogens is 330 g/mol. The summed E-state index contributed by atoms with van der Waals surface area (Å²) in [5.74, 6) is 0.242. The zero-order chi connectivity index (χ0) is 16.8. The maximum atomic E-state index is 12.4. The third-order valence-electron chi connectivity index (χ3n) is 3.73. The lowest BCUT2D eigenvalue weighted by Gasteiger charge is -2.27. The maximum absolute atomic E-state index is 12.4. The third-order valence-corrected chi connectivity index (χ3v) is 3.73. The molecule has 1 atom stereocenters. The number of carbonyl (C=O) groups is 2. The molecule has 0 bridgehead atoms. The molecule has 0 saturated carbocycles. The van der Waals surface area contributed by atoms with Crippen molar-refractivity contribution in [3.8, 4) is 0 Å². The van der Waals surface area contributed by atoms with Crippen LogP contribution in [-0.4, -0.2) is 36.3 Å². The Bertz CT molecular complexity index is 654. The van der Waals surface area contributed by atoms with Crippen LogP contribution in [0.5, 0.6) is 0 Å². The number of carbonyl (C=O) groups excluding carboxylic acids is 2. The summed E-state index contributed by atoms with van der Waals surface area (Å²) in [7, 11) is 0. The number of nitrogens with two attached hydrogens (primary N) is 1. The normalized spacial score (nSPS) is 11.6. The van der Waals surface area contributed by atoms with Crippen LogP contribution in [0.1, 0.15) is 32.1 Å². The van der Waals surface area contributed by atoms with Crippen molar-refractivity contribution < 1.29 is 14.0 Å². The zero-order valence-electron chi connectivity index (χ0n) is 14.0. The number of benzene rings is 1. The van der Waals surface area contributed by atoms with Crippen LogP contribution in [0.4, 0.5) is 0 Å². The van der Waals surface area contributed by atoms with E-state index < -0.39 is 0 Å². The Morgan fingerprint density at radius 3 is 2.67 bits per heavy atom. The topological polar surface area (TPSA) is 88.6 Å². The van der Waals surface area contributed by atoms with Gasteiger partial charge in [0.25, 0.3) is 0 Å². The molecule has 0 radical (unpaired) electrons. The predicted molar refractivity (Wildman–Crippen MR) is 95.9 cm³/mol. The molecule has 2 aromatic rings. The van der Waals surface area contributed by atoms with Crippen LogP contribution >= 0.6 is 12.4 Å². The highest BCUT2D eigenvalue weighted by Gasteiger charge is 2.23. The van der Waals surface area contributed by atoms with Gasteiger partial charge in [-0.15, -0.1) is 12.4 Å². The molecule has 0 saturated heterocycles. The average Bonchev–Trinajstić information content (AvgIpc) is 3.00. The molecule has 2 amide bonds. The molecule has 1 aromatic carbocycles. The van der Waals surface area contributed by atoms with Gasteiger partial charge in [-0.05, 0) is 25.5 Å². The molecule has 132 valence electrons. The molecule has 1 unspecified atom stereocenters. The standard InChI is InChI=1S/C17H23N3O3.ClH/c1-3-8-20(17(22)11-19-16(21)10-18)12(2)15-9-13-6-4-5-7-14(13)23-15;/h4-7,9,12H,3,8,10-11,18H2,1-2H3,(H,19,21);1H. The summed E-state index contributed by atoms with van der Waals surface area (Å²) in [5.41, 5.74) is 6.04. The van der Waals surface area contributed by atoms with E-state index in [2.05, 4.69) is 5.32 Å². The number of para-hydroxylation sites is 1. The van der Waals surface area contributed by atoms with Crippen LogP contribution in [0.3, 0.4) is 0 Å². The van der Waals surface area contributed by atoms with Gasteiger partial charge in [0, 0.05) is 11.9 Å². The van der Waals surface area contributed by atoms with Crippen molar-refractivity contribution in [3.63, 3.8) is 0 Å². The Kier molecular flexibility index (Phi) is 7.74. The van der Waals surface area contributed by atoms with Gasteiger partial charge in [-0.25, -0.2) is 0 Å². The van der Waals surface area contributed by atoms with Gasteiger partial charge in [0.2, 0.25) is 11.8 Å². The van der Waals surface area contributed by atoms with Gasteiger partial charge in [-0.3, -0.25) is 9.59 Å². The largest absolute Gasteiger partial charge is 0.459 e. The molecule has 7 heteroatoms. The van der Waals surface area contributed by atoms with Gasteiger partial charge < -0.3 is 20.4 Å². The number of hydrogen-bond acceptors (Lipinski definition) is 4. The minimum Gasteiger partial charge on any atom is -0.459 e. The lowest BCUT2D eigenvalue weighted by Crippen LogP contribution is -2.43. The molecule has 3 N–H and O–H groups in total. The molecule has 0 aliphatic heterocycles. The van der Waals surface area contributed by atoms with Crippen molar-refractivity contribution in [3.05, 3.63) is 36.1 Å². The van der Waals surface area contributed by atoms with Gasteiger partial charge in [0.15, 0.2) is 0 Å². The van der Waals surface area contributed by atoms with Crippen LogP contribution in [0.2, 0.25) is 0 Å². The molecule has 0 fully saturated rings. The Labute approximate surface area is 147 Å². The smallest absolute Gasteiger partial charge is 0.242 e. The van der Waals surface area contributed by atoms with E-state index >= 15 is 0 Å². The minimum atomic E-state index is -0.341. The number of furan rings is 1. The highest BCUT2D eigenvalue weighted by molar-refractivity contribution is 5.86. The Hall–Kier alpha value is -2.05. The van der Waals surface area contributed by atoms with E-state index in [0.29, 0.717) is 6.54 Å². The summed E-state index contributed by atoms with van der Waals surface area (Å²) in [5, 5.41) is 3.53. The highest BCUT2D eigenvalue weighted by Crippen LogP contribution is 2.27. The second-order valence-corrected chi connectivity index (χ2v) is 5.43. The van der Waals surface area contributed by atoms with E-state index in [-0.39, 0.29) is 43.4 Å². The van der Waals surface area contributed by atoms with Crippen molar-refractivity contribution in [2.45, 2.75) is 26.3 Å². The maximum Gasteiger partial charge on any atom is 0.242 e. The van der Waals surface area contributed by atoms with Gasteiger partial charge >= 0.3 is 0 Å². The van der Waals surface area contributed by atoms with Crippen molar-refractivity contribution in [2.75, 3.05) is 19.6 Å². The molecular formula is C17H24ClN3O3. The fraction of sp³-hybridized carbons (Fsp3) is 0.412. The first-order valence-electron chi connectivity index (χ1n) is 7.81. The fourth-order valence-corrected chi connectivity index (χ4v) is 2.49. The fourth-order valence-electron chi connectivity index (χ4n) is 2.49. The first-order chi connectivity index (χ1) is 11.1. The number of amides is 2. The van der Waals surface area contributed by atoms with Crippen LogP contribution in [-0.2, 0) is 9.59 Å². The quantitative estimate of drug-likeness (QED) is 0.798. The van der Waals surface area contributed by atoms with Crippen LogP contribution in [0.25, 0.3) is 11.0 Å². The number of nitrogens with one attached hydrogen (secondary N) is 1. The van der Waals surface area contributed by atoms with E-state index in [1.165, 1.54) is 0 Å². The zero-order valence-corrected chi connectivity index (χ0v) is 14.8. The number of halogens is 1. The van der Waals surface area contributed by atoms with Crippen molar-refractivity contribution in [1.82, 2.24) is 10.2 Å². The average molecular weight is 354 g/mol. The number of nitrogens with zero attached hydrogens (tertiary/aromatic N) is 1. The van der Waals surface area contributed by atoms with E-state index in [4.69, 9.17) is 10.2 Å². The summed E-state index contributed by atoms with van der Waals surface area (Å²) in [4.78, 5) is 25.4. The van der Waals surface area contributed by atoms with E-state index in [0.717, 1.165) is 23.2 Å². The molecule has 1 heterocycles. The number of rotatable bonds is 7. The summed E-state index contributed by atoms with van der Waals surface area (Å²) >= 11 is 0. The Balaban J connectivity index is 0.00000288. The second-order valence-electron chi connectivity index (χ2n) is 5.43. The van der Waals surface area contributed by atoms with Gasteiger partial charge in [-0.2, -0.15) is 0 Å². The summed E-state index contributed by atoms with van der Waals surface area (Å²) in [6, 6.07) is 9.49. The van der Waals surface area contributed by atoms with Crippen molar-refractivity contribution >= 4 is 35.2 Å².